The Morgan fingerprint density at radius 1 is 1.59 bits per heavy atom. The molecule has 0 aromatic heterocycles. The molecule has 1 saturated carbocycles. The number of nitriles is 1. The highest BCUT2D eigenvalue weighted by molar-refractivity contribution is 9.10. The van der Waals surface area contributed by atoms with Gasteiger partial charge >= 0.3 is 0 Å². The van der Waals surface area contributed by atoms with E-state index >= 15 is 0 Å². The van der Waals surface area contributed by atoms with Crippen LogP contribution in [-0.2, 0) is 0 Å². The zero-order valence-corrected chi connectivity index (χ0v) is 11.3. The van der Waals surface area contributed by atoms with E-state index in [2.05, 4.69) is 27.3 Å². The molecular formula is C13H15BrN2O. The third-order valence-electron chi connectivity index (χ3n) is 3.22. The molecule has 2 rings (SSSR count). The van der Waals surface area contributed by atoms with Gasteiger partial charge in [-0.05, 0) is 53.7 Å². The molecule has 0 spiro atoms. The van der Waals surface area contributed by atoms with Crippen molar-refractivity contribution in [2.24, 2.45) is 5.92 Å². The maximum atomic E-state index is 10.2. The number of anilines is 1. The summed E-state index contributed by atoms with van der Waals surface area (Å²) in [6.07, 6.45) is 2.19. The SMILES string of the molecule is C[C@](O)(CNc1cccc(Br)c1C#N)C1CC1. The lowest BCUT2D eigenvalue weighted by Gasteiger charge is -2.24. The summed E-state index contributed by atoms with van der Waals surface area (Å²) in [5, 5.41) is 22.4. The lowest BCUT2D eigenvalue weighted by molar-refractivity contribution is 0.0503. The molecule has 0 saturated heterocycles. The average molecular weight is 295 g/mol. The van der Waals surface area contributed by atoms with E-state index in [1.54, 1.807) is 0 Å². The number of hydrogen-bond acceptors (Lipinski definition) is 3. The normalized spacial score (nSPS) is 18.2. The molecule has 1 aliphatic carbocycles. The molecule has 1 atom stereocenters. The van der Waals surface area contributed by atoms with Crippen molar-refractivity contribution in [1.29, 1.82) is 5.26 Å². The van der Waals surface area contributed by atoms with Crippen molar-refractivity contribution in [3.63, 3.8) is 0 Å². The predicted molar refractivity (Wildman–Crippen MR) is 70.7 cm³/mol. The smallest absolute Gasteiger partial charge is 0.103 e. The van der Waals surface area contributed by atoms with Crippen molar-refractivity contribution in [3.05, 3.63) is 28.2 Å². The lowest BCUT2D eigenvalue weighted by atomic mass is 10.0. The maximum Gasteiger partial charge on any atom is 0.103 e. The van der Waals surface area contributed by atoms with Gasteiger partial charge in [0.15, 0.2) is 0 Å². The summed E-state index contributed by atoms with van der Waals surface area (Å²) < 4.78 is 0.774. The van der Waals surface area contributed by atoms with Gasteiger partial charge in [-0.2, -0.15) is 5.26 Å². The van der Waals surface area contributed by atoms with E-state index in [9.17, 15) is 5.11 Å². The lowest BCUT2D eigenvalue weighted by Crippen LogP contribution is -2.35. The number of nitrogens with zero attached hydrogens (tertiary/aromatic N) is 1. The maximum absolute atomic E-state index is 10.2. The highest BCUT2D eigenvalue weighted by Gasteiger charge is 2.39. The fraction of sp³-hybridized carbons (Fsp3) is 0.462. The van der Waals surface area contributed by atoms with Crippen molar-refractivity contribution < 1.29 is 5.11 Å². The second kappa shape index (κ2) is 4.67. The van der Waals surface area contributed by atoms with Crippen molar-refractivity contribution in [2.45, 2.75) is 25.4 Å². The van der Waals surface area contributed by atoms with Gasteiger partial charge in [-0.3, -0.25) is 0 Å². The van der Waals surface area contributed by atoms with Gasteiger partial charge in [0.1, 0.15) is 6.07 Å². The minimum Gasteiger partial charge on any atom is -0.388 e. The Bertz CT molecular complexity index is 461. The van der Waals surface area contributed by atoms with Crippen molar-refractivity contribution in [1.82, 2.24) is 0 Å². The Balaban J connectivity index is 2.09. The van der Waals surface area contributed by atoms with Gasteiger partial charge < -0.3 is 10.4 Å². The summed E-state index contributed by atoms with van der Waals surface area (Å²) in [6, 6.07) is 7.72. The van der Waals surface area contributed by atoms with Gasteiger partial charge in [0, 0.05) is 11.0 Å². The first kappa shape index (κ1) is 12.4. The van der Waals surface area contributed by atoms with E-state index < -0.39 is 5.60 Å². The summed E-state index contributed by atoms with van der Waals surface area (Å²) in [5.74, 6) is 0.396. The number of halogens is 1. The van der Waals surface area contributed by atoms with E-state index in [0.717, 1.165) is 23.0 Å². The topological polar surface area (TPSA) is 56.0 Å². The molecular weight excluding hydrogens is 280 g/mol. The minimum atomic E-state index is -0.685. The van der Waals surface area contributed by atoms with Gasteiger partial charge in [-0.15, -0.1) is 0 Å². The molecule has 0 radical (unpaired) electrons. The number of hydrogen-bond donors (Lipinski definition) is 2. The molecule has 0 bridgehead atoms. The molecule has 1 aromatic carbocycles. The molecule has 0 aliphatic heterocycles. The average Bonchev–Trinajstić information content (AvgIpc) is 3.10. The summed E-state index contributed by atoms with van der Waals surface area (Å²) in [7, 11) is 0. The molecule has 4 heteroatoms. The van der Waals surface area contributed by atoms with E-state index in [0.29, 0.717) is 18.0 Å². The van der Waals surface area contributed by atoms with Crippen molar-refractivity contribution >= 4 is 21.6 Å². The van der Waals surface area contributed by atoms with Crippen molar-refractivity contribution in [2.75, 3.05) is 11.9 Å². The number of rotatable bonds is 4. The Labute approximate surface area is 110 Å². The van der Waals surface area contributed by atoms with Crippen LogP contribution in [0.4, 0.5) is 5.69 Å². The first-order chi connectivity index (χ1) is 8.04. The Morgan fingerprint density at radius 2 is 2.29 bits per heavy atom. The highest BCUT2D eigenvalue weighted by atomic mass is 79.9. The van der Waals surface area contributed by atoms with Crippen LogP contribution in [0.2, 0.25) is 0 Å². The highest BCUT2D eigenvalue weighted by Crippen LogP contribution is 2.39. The monoisotopic (exact) mass is 294 g/mol. The van der Waals surface area contributed by atoms with Crippen LogP contribution in [-0.4, -0.2) is 17.3 Å². The minimum absolute atomic E-state index is 0.396. The molecule has 3 nitrogen and oxygen atoms in total. The van der Waals surface area contributed by atoms with Gasteiger partial charge in [-0.25, -0.2) is 0 Å². The summed E-state index contributed by atoms with van der Waals surface area (Å²) in [4.78, 5) is 0. The van der Waals surface area contributed by atoms with Crippen LogP contribution in [0, 0.1) is 17.2 Å². The van der Waals surface area contributed by atoms with E-state index in [1.807, 2.05) is 25.1 Å². The number of benzene rings is 1. The Hall–Kier alpha value is -1.05. The van der Waals surface area contributed by atoms with E-state index in [1.165, 1.54) is 0 Å². The third-order valence-corrected chi connectivity index (χ3v) is 3.88. The molecule has 1 fully saturated rings. The summed E-state index contributed by atoms with van der Waals surface area (Å²) >= 11 is 3.34. The predicted octanol–water partition coefficient (Wildman–Crippen LogP) is 2.89. The molecule has 1 aromatic rings. The summed E-state index contributed by atoms with van der Waals surface area (Å²) in [6.45, 7) is 2.32. The van der Waals surface area contributed by atoms with Crippen LogP contribution in [0.3, 0.4) is 0 Å². The van der Waals surface area contributed by atoms with E-state index in [4.69, 9.17) is 5.26 Å². The first-order valence-corrected chi connectivity index (χ1v) is 6.49. The van der Waals surface area contributed by atoms with Crippen molar-refractivity contribution in [3.8, 4) is 6.07 Å². The molecule has 1 aliphatic rings. The van der Waals surface area contributed by atoms with Gasteiger partial charge in [0.25, 0.3) is 0 Å². The van der Waals surface area contributed by atoms with Crippen LogP contribution in [0.15, 0.2) is 22.7 Å². The fourth-order valence-corrected chi connectivity index (χ4v) is 2.36. The third kappa shape index (κ3) is 2.80. The second-order valence-electron chi connectivity index (χ2n) is 4.76. The molecule has 17 heavy (non-hydrogen) atoms. The zero-order chi connectivity index (χ0) is 12.5. The molecule has 0 unspecified atom stereocenters. The Morgan fingerprint density at radius 3 is 2.88 bits per heavy atom. The molecule has 0 heterocycles. The van der Waals surface area contributed by atoms with Crippen LogP contribution in [0.5, 0.6) is 0 Å². The quantitative estimate of drug-likeness (QED) is 0.898. The largest absolute Gasteiger partial charge is 0.388 e. The van der Waals surface area contributed by atoms with E-state index in [-0.39, 0.29) is 0 Å². The van der Waals surface area contributed by atoms with Crippen LogP contribution in [0.1, 0.15) is 25.3 Å². The molecule has 90 valence electrons. The number of aliphatic hydroxyl groups is 1. The van der Waals surface area contributed by atoms with Crippen LogP contribution in [0.25, 0.3) is 0 Å². The first-order valence-electron chi connectivity index (χ1n) is 5.69. The second-order valence-corrected chi connectivity index (χ2v) is 5.61. The van der Waals surface area contributed by atoms with Crippen LogP contribution >= 0.6 is 15.9 Å². The van der Waals surface area contributed by atoms with Gasteiger partial charge in [0.2, 0.25) is 0 Å². The Kier molecular flexibility index (Phi) is 3.41. The molecule has 2 N–H and O–H groups in total. The van der Waals surface area contributed by atoms with Gasteiger partial charge in [-0.1, -0.05) is 6.07 Å². The fourth-order valence-electron chi connectivity index (χ4n) is 1.91. The molecule has 0 amide bonds. The van der Waals surface area contributed by atoms with Crippen LogP contribution < -0.4 is 5.32 Å². The number of nitrogens with one attached hydrogen (secondary N) is 1. The summed E-state index contributed by atoms with van der Waals surface area (Å²) in [5.41, 5.74) is 0.664. The zero-order valence-electron chi connectivity index (χ0n) is 9.70. The standard InChI is InChI=1S/C13H15BrN2O/c1-13(17,9-5-6-9)8-16-12-4-2-3-11(14)10(12)7-15/h2-4,9,16-17H,5-6,8H2,1H3/t13-/m0/s1. The van der Waals surface area contributed by atoms with Gasteiger partial charge in [0.05, 0.1) is 16.9 Å².